The molecule has 1 aliphatic heterocycles. The van der Waals surface area contributed by atoms with Crippen molar-refractivity contribution in [2.45, 2.75) is 25.7 Å². The Bertz CT molecular complexity index is 1280. The number of hydrogen-bond acceptors (Lipinski definition) is 4. The Labute approximate surface area is 167 Å². The molecule has 1 amide bonds. The summed E-state index contributed by atoms with van der Waals surface area (Å²) in [7, 11) is 0. The number of para-hydroxylation sites is 1. The van der Waals surface area contributed by atoms with E-state index in [1.807, 2.05) is 18.2 Å². The summed E-state index contributed by atoms with van der Waals surface area (Å²) in [5.41, 5.74) is 3.23. The van der Waals surface area contributed by atoms with Crippen LogP contribution in [0.15, 0.2) is 57.7 Å². The molecule has 5 rings (SSSR count). The lowest BCUT2D eigenvalue weighted by Gasteiger charge is -2.31. The fourth-order valence-electron chi connectivity index (χ4n) is 4.07. The van der Waals surface area contributed by atoms with Crippen LogP contribution in [0.5, 0.6) is 0 Å². The summed E-state index contributed by atoms with van der Waals surface area (Å²) in [5, 5.41) is 0.753. The molecule has 2 aromatic carbocycles. The lowest BCUT2D eigenvalue weighted by molar-refractivity contribution is 0.0707. The summed E-state index contributed by atoms with van der Waals surface area (Å²) in [5.74, 6) is 0.992. The Morgan fingerprint density at radius 3 is 2.76 bits per heavy atom. The number of benzene rings is 2. The fraction of sp³-hybridized carbons (Fsp3) is 0.261. The minimum absolute atomic E-state index is 0.0985. The number of nitrogens with zero attached hydrogens (tertiary/aromatic N) is 2. The maximum Gasteiger partial charge on any atom is 0.349 e. The highest BCUT2D eigenvalue weighted by Gasteiger charge is 2.28. The highest BCUT2D eigenvalue weighted by atomic mass is 16.4. The van der Waals surface area contributed by atoms with Crippen LogP contribution in [-0.4, -0.2) is 33.9 Å². The van der Waals surface area contributed by atoms with Gasteiger partial charge in [0.1, 0.15) is 17.0 Å². The van der Waals surface area contributed by atoms with Gasteiger partial charge < -0.3 is 14.3 Å². The second-order valence-corrected chi connectivity index (χ2v) is 7.69. The van der Waals surface area contributed by atoms with E-state index in [2.05, 4.69) is 24.0 Å². The first-order valence-electron chi connectivity index (χ1n) is 9.87. The van der Waals surface area contributed by atoms with E-state index in [1.165, 1.54) is 5.56 Å². The van der Waals surface area contributed by atoms with Crippen LogP contribution in [0.2, 0.25) is 0 Å². The number of carbonyl (C=O) groups is 1. The van der Waals surface area contributed by atoms with Crippen LogP contribution in [-0.2, 0) is 0 Å². The molecule has 0 unspecified atom stereocenters. The maximum absolute atomic E-state index is 12.9. The SMILES string of the molecule is Cc1ccc2nc(C3CCN(C(=O)c4cc5ccccc5oc4=O)CC3)[nH]c2c1. The first-order valence-corrected chi connectivity index (χ1v) is 9.87. The van der Waals surface area contributed by atoms with Gasteiger partial charge in [-0.2, -0.15) is 0 Å². The number of imidazole rings is 1. The molecule has 29 heavy (non-hydrogen) atoms. The molecule has 0 atom stereocenters. The van der Waals surface area contributed by atoms with Gasteiger partial charge >= 0.3 is 5.63 Å². The van der Waals surface area contributed by atoms with Crippen molar-refractivity contribution in [3.8, 4) is 0 Å². The molecule has 3 heterocycles. The zero-order valence-corrected chi connectivity index (χ0v) is 16.1. The average molecular weight is 387 g/mol. The fourth-order valence-corrected chi connectivity index (χ4v) is 4.07. The Hall–Kier alpha value is -3.41. The van der Waals surface area contributed by atoms with Gasteiger partial charge in [0, 0.05) is 24.4 Å². The lowest BCUT2D eigenvalue weighted by Crippen LogP contribution is -2.39. The zero-order valence-electron chi connectivity index (χ0n) is 16.1. The van der Waals surface area contributed by atoms with Crippen LogP contribution < -0.4 is 5.63 Å². The summed E-state index contributed by atoms with van der Waals surface area (Å²) < 4.78 is 5.32. The van der Waals surface area contributed by atoms with Gasteiger partial charge in [-0.3, -0.25) is 4.79 Å². The van der Waals surface area contributed by atoms with Crippen molar-refractivity contribution in [3.05, 3.63) is 75.9 Å². The number of hydrogen-bond donors (Lipinski definition) is 1. The highest BCUT2D eigenvalue weighted by molar-refractivity contribution is 5.96. The lowest BCUT2D eigenvalue weighted by atomic mass is 9.95. The maximum atomic E-state index is 12.9. The Morgan fingerprint density at radius 1 is 1.14 bits per heavy atom. The van der Waals surface area contributed by atoms with Crippen molar-refractivity contribution in [1.29, 1.82) is 0 Å². The summed E-state index contributed by atoms with van der Waals surface area (Å²) >= 11 is 0. The van der Waals surface area contributed by atoms with Crippen LogP contribution in [0.1, 0.15) is 40.5 Å². The van der Waals surface area contributed by atoms with Crippen LogP contribution in [0, 0.1) is 6.92 Å². The number of piperidine rings is 1. The molecular formula is C23H21N3O3. The average Bonchev–Trinajstić information content (AvgIpc) is 3.16. The summed E-state index contributed by atoms with van der Waals surface area (Å²) in [6.45, 7) is 3.24. The molecule has 1 saturated heterocycles. The minimum Gasteiger partial charge on any atom is -0.422 e. The normalized spacial score (nSPS) is 15.3. The number of likely N-dealkylation sites (tertiary alicyclic amines) is 1. The summed E-state index contributed by atoms with van der Waals surface area (Å²) in [4.78, 5) is 35.1. The monoisotopic (exact) mass is 387 g/mol. The first kappa shape index (κ1) is 17.7. The molecule has 0 saturated carbocycles. The highest BCUT2D eigenvalue weighted by Crippen LogP contribution is 2.28. The van der Waals surface area contributed by atoms with Gasteiger partial charge in [-0.1, -0.05) is 24.3 Å². The molecule has 0 spiro atoms. The molecule has 4 aromatic rings. The Balaban J connectivity index is 1.34. The number of H-pyrrole nitrogens is 1. The predicted molar refractivity (Wildman–Crippen MR) is 111 cm³/mol. The number of aromatic amines is 1. The van der Waals surface area contributed by atoms with Crippen LogP contribution in [0.25, 0.3) is 22.0 Å². The third-order valence-corrected chi connectivity index (χ3v) is 5.70. The molecule has 0 aliphatic carbocycles. The molecule has 1 N–H and O–H groups in total. The minimum atomic E-state index is -0.580. The molecule has 1 fully saturated rings. The van der Waals surface area contributed by atoms with Gasteiger partial charge in [-0.15, -0.1) is 0 Å². The quantitative estimate of drug-likeness (QED) is 0.527. The van der Waals surface area contributed by atoms with E-state index in [0.717, 1.165) is 35.1 Å². The number of nitrogens with one attached hydrogen (secondary N) is 1. The molecule has 146 valence electrons. The third kappa shape index (κ3) is 3.20. The van der Waals surface area contributed by atoms with E-state index in [0.29, 0.717) is 18.7 Å². The number of carbonyl (C=O) groups excluding carboxylic acids is 1. The summed E-state index contributed by atoms with van der Waals surface area (Å²) in [6.07, 6.45) is 1.62. The van der Waals surface area contributed by atoms with Gasteiger partial charge in [-0.05, 0) is 49.6 Å². The topological polar surface area (TPSA) is 79.2 Å². The number of aromatic nitrogens is 2. The van der Waals surface area contributed by atoms with Gasteiger partial charge in [0.2, 0.25) is 0 Å². The van der Waals surface area contributed by atoms with Gasteiger partial charge in [-0.25, -0.2) is 9.78 Å². The van der Waals surface area contributed by atoms with Crippen molar-refractivity contribution in [1.82, 2.24) is 14.9 Å². The number of amides is 1. The second kappa shape index (κ2) is 6.88. The number of rotatable bonds is 2. The standard InChI is InChI=1S/C23H21N3O3/c1-14-6-7-18-19(12-14)25-21(24-18)15-8-10-26(11-9-15)22(27)17-13-16-4-2-3-5-20(16)29-23(17)28/h2-7,12-13,15H,8-11H2,1H3,(H,24,25). The molecule has 0 radical (unpaired) electrons. The van der Waals surface area contributed by atoms with E-state index in [9.17, 15) is 9.59 Å². The largest absolute Gasteiger partial charge is 0.422 e. The molecule has 6 heteroatoms. The van der Waals surface area contributed by atoms with E-state index in [1.54, 1.807) is 23.1 Å². The van der Waals surface area contributed by atoms with Crippen molar-refractivity contribution < 1.29 is 9.21 Å². The second-order valence-electron chi connectivity index (χ2n) is 7.69. The van der Waals surface area contributed by atoms with E-state index in [4.69, 9.17) is 9.40 Å². The molecule has 6 nitrogen and oxygen atoms in total. The van der Waals surface area contributed by atoms with Crippen molar-refractivity contribution in [3.63, 3.8) is 0 Å². The zero-order chi connectivity index (χ0) is 20.0. The van der Waals surface area contributed by atoms with Crippen molar-refractivity contribution >= 4 is 27.9 Å². The number of fused-ring (bicyclic) bond motifs is 2. The number of aryl methyl sites for hydroxylation is 1. The molecule has 0 bridgehead atoms. The van der Waals surface area contributed by atoms with Crippen LogP contribution in [0.3, 0.4) is 0 Å². The van der Waals surface area contributed by atoms with Crippen LogP contribution in [0.4, 0.5) is 0 Å². The third-order valence-electron chi connectivity index (χ3n) is 5.70. The van der Waals surface area contributed by atoms with Gasteiger partial charge in [0.25, 0.3) is 5.91 Å². The molecule has 1 aliphatic rings. The van der Waals surface area contributed by atoms with E-state index >= 15 is 0 Å². The van der Waals surface area contributed by atoms with E-state index < -0.39 is 5.63 Å². The van der Waals surface area contributed by atoms with Crippen molar-refractivity contribution in [2.75, 3.05) is 13.1 Å². The first-order chi connectivity index (χ1) is 14.1. The van der Waals surface area contributed by atoms with Gasteiger partial charge in [0.15, 0.2) is 0 Å². The Morgan fingerprint density at radius 2 is 1.93 bits per heavy atom. The summed E-state index contributed by atoms with van der Waals surface area (Å²) in [6, 6.07) is 15.1. The van der Waals surface area contributed by atoms with Gasteiger partial charge in [0.05, 0.1) is 11.0 Å². The molecule has 2 aromatic heterocycles. The molecular weight excluding hydrogens is 366 g/mol. The smallest absolute Gasteiger partial charge is 0.349 e. The Kier molecular flexibility index (Phi) is 4.19. The van der Waals surface area contributed by atoms with Crippen LogP contribution >= 0.6 is 0 Å². The van der Waals surface area contributed by atoms with Crippen molar-refractivity contribution in [2.24, 2.45) is 0 Å². The van der Waals surface area contributed by atoms with E-state index in [-0.39, 0.29) is 17.4 Å². The predicted octanol–water partition coefficient (Wildman–Crippen LogP) is 4.00.